The van der Waals surface area contributed by atoms with Gasteiger partial charge in [-0.1, -0.05) is 0 Å². The number of carbonyl (C=O) groups is 1. The molecule has 2 nitrogen and oxygen atoms in total. The zero-order chi connectivity index (χ0) is 9.68. The van der Waals surface area contributed by atoms with Crippen LogP contribution in [-0.2, 0) is 4.79 Å². The Labute approximate surface area is 83.8 Å². The highest BCUT2D eigenvalue weighted by molar-refractivity contribution is 9.10. The van der Waals surface area contributed by atoms with Crippen molar-refractivity contribution in [2.75, 3.05) is 6.61 Å². The molecule has 0 atom stereocenters. The van der Waals surface area contributed by atoms with Gasteiger partial charge in [0.15, 0.2) is 0 Å². The van der Waals surface area contributed by atoms with Crippen LogP contribution < -0.4 is 4.74 Å². The van der Waals surface area contributed by atoms with Gasteiger partial charge in [-0.05, 0) is 28.1 Å². The molecule has 0 aliphatic rings. The Bertz CT molecular complexity index is 302. The summed E-state index contributed by atoms with van der Waals surface area (Å²) in [4.78, 5) is 9.95. The third kappa shape index (κ3) is 3.14. The van der Waals surface area contributed by atoms with E-state index in [1.807, 2.05) is 0 Å². The summed E-state index contributed by atoms with van der Waals surface area (Å²) >= 11 is 3.02. The molecule has 0 bridgehead atoms. The Balaban J connectivity index is 2.57. The molecule has 0 spiro atoms. The number of carbonyl (C=O) groups excluding carboxylic acids is 1. The van der Waals surface area contributed by atoms with Gasteiger partial charge in [-0.2, -0.15) is 0 Å². The van der Waals surface area contributed by atoms with Crippen molar-refractivity contribution in [1.29, 1.82) is 0 Å². The van der Waals surface area contributed by atoms with Gasteiger partial charge in [-0.3, -0.25) is 0 Å². The second-order valence-corrected chi connectivity index (χ2v) is 3.23. The zero-order valence-electron chi connectivity index (χ0n) is 6.80. The molecule has 0 amide bonds. The van der Waals surface area contributed by atoms with Crippen molar-refractivity contribution in [3.05, 3.63) is 28.5 Å². The molecule has 0 unspecified atom stereocenters. The predicted octanol–water partition coefficient (Wildman–Crippen LogP) is 2.56. The molecule has 0 radical (unpaired) electrons. The van der Waals surface area contributed by atoms with E-state index in [0.29, 0.717) is 16.6 Å². The van der Waals surface area contributed by atoms with Gasteiger partial charge in [0.2, 0.25) is 0 Å². The van der Waals surface area contributed by atoms with Crippen LogP contribution in [0.15, 0.2) is 22.7 Å². The van der Waals surface area contributed by atoms with E-state index in [9.17, 15) is 9.18 Å². The maximum absolute atomic E-state index is 12.9. The Morgan fingerprint density at radius 1 is 1.54 bits per heavy atom. The smallest absolute Gasteiger partial charge is 0.141 e. The lowest BCUT2D eigenvalue weighted by molar-refractivity contribution is -0.108. The Hall–Kier alpha value is -0.900. The van der Waals surface area contributed by atoms with E-state index in [0.717, 1.165) is 6.29 Å². The highest BCUT2D eigenvalue weighted by Gasteiger charge is 2.00. The SMILES string of the molecule is O=CCCOc1ccc(Br)c(F)c1. The molecule has 0 saturated carbocycles. The quantitative estimate of drug-likeness (QED) is 0.603. The van der Waals surface area contributed by atoms with E-state index in [1.165, 1.54) is 6.07 Å². The molecule has 1 aromatic carbocycles. The van der Waals surface area contributed by atoms with Crippen molar-refractivity contribution in [3.8, 4) is 5.75 Å². The fraction of sp³-hybridized carbons (Fsp3) is 0.222. The zero-order valence-corrected chi connectivity index (χ0v) is 8.38. The molecule has 0 saturated heterocycles. The van der Waals surface area contributed by atoms with E-state index in [2.05, 4.69) is 15.9 Å². The summed E-state index contributed by atoms with van der Waals surface area (Å²) in [5.74, 6) is 0.0613. The minimum atomic E-state index is -0.372. The molecule has 0 aliphatic heterocycles. The standard InChI is InChI=1S/C9H8BrFO2/c10-8-3-2-7(6-9(8)11)13-5-1-4-12/h2-4,6H,1,5H2. The van der Waals surface area contributed by atoms with Gasteiger partial charge in [0.1, 0.15) is 17.9 Å². The van der Waals surface area contributed by atoms with Gasteiger partial charge >= 0.3 is 0 Å². The first-order chi connectivity index (χ1) is 6.24. The van der Waals surface area contributed by atoms with Gasteiger partial charge in [-0.15, -0.1) is 0 Å². The average molecular weight is 247 g/mol. The fourth-order valence-electron chi connectivity index (χ4n) is 0.792. The Morgan fingerprint density at radius 3 is 2.92 bits per heavy atom. The van der Waals surface area contributed by atoms with Crippen LogP contribution in [0.3, 0.4) is 0 Å². The predicted molar refractivity (Wildman–Crippen MR) is 50.3 cm³/mol. The Kier molecular flexibility index (Phi) is 3.89. The van der Waals surface area contributed by atoms with Gasteiger partial charge in [0, 0.05) is 12.5 Å². The third-order valence-corrected chi connectivity index (χ3v) is 2.04. The first-order valence-corrected chi connectivity index (χ1v) is 4.55. The van der Waals surface area contributed by atoms with Crippen LogP contribution in [0.4, 0.5) is 4.39 Å². The molecular formula is C9H8BrFO2. The van der Waals surface area contributed by atoms with E-state index >= 15 is 0 Å². The number of rotatable bonds is 4. The van der Waals surface area contributed by atoms with Crippen molar-refractivity contribution in [2.24, 2.45) is 0 Å². The van der Waals surface area contributed by atoms with Crippen molar-refractivity contribution in [3.63, 3.8) is 0 Å². The normalized spacial score (nSPS) is 9.69. The second kappa shape index (κ2) is 4.97. The van der Waals surface area contributed by atoms with Gasteiger partial charge < -0.3 is 9.53 Å². The van der Waals surface area contributed by atoms with E-state index < -0.39 is 0 Å². The number of ether oxygens (including phenoxy) is 1. The van der Waals surface area contributed by atoms with Crippen LogP contribution >= 0.6 is 15.9 Å². The second-order valence-electron chi connectivity index (χ2n) is 2.38. The van der Waals surface area contributed by atoms with E-state index in [4.69, 9.17) is 4.74 Å². The summed E-state index contributed by atoms with van der Waals surface area (Å²) in [5.41, 5.74) is 0. The van der Waals surface area contributed by atoms with Crippen molar-refractivity contribution in [2.45, 2.75) is 6.42 Å². The van der Waals surface area contributed by atoms with Crippen molar-refractivity contribution < 1.29 is 13.9 Å². The molecule has 70 valence electrons. The van der Waals surface area contributed by atoms with Crippen LogP contribution in [0.2, 0.25) is 0 Å². The summed E-state index contributed by atoms with van der Waals surface area (Å²) in [6, 6.07) is 4.47. The van der Waals surface area contributed by atoms with E-state index in [1.54, 1.807) is 12.1 Å². The summed E-state index contributed by atoms with van der Waals surface area (Å²) in [5, 5.41) is 0. The lowest BCUT2D eigenvalue weighted by Gasteiger charge is -2.03. The highest BCUT2D eigenvalue weighted by atomic mass is 79.9. The lowest BCUT2D eigenvalue weighted by Crippen LogP contribution is -1.97. The van der Waals surface area contributed by atoms with Gasteiger partial charge in [0.05, 0.1) is 11.1 Å². The van der Waals surface area contributed by atoms with E-state index in [-0.39, 0.29) is 12.4 Å². The number of halogens is 2. The summed E-state index contributed by atoms with van der Waals surface area (Å²) in [6.07, 6.45) is 1.08. The van der Waals surface area contributed by atoms with Crippen LogP contribution in [-0.4, -0.2) is 12.9 Å². The monoisotopic (exact) mass is 246 g/mol. The largest absolute Gasteiger partial charge is 0.493 e. The maximum atomic E-state index is 12.9. The summed E-state index contributed by atoms with van der Waals surface area (Å²) < 4.78 is 18.4. The molecule has 0 aromatic heterocycles. The van der Waals surface area contributed by atoms with Crippen LogP contribution in [0, 0.1) is 5.82 Å². The first-order valence-electron chi connectivity index (χ1n) is 3.75. The first kappa shape index (κ1) is 10.2. The highest BCUT2D eigenvalue weighted by Crippen LogP contribution is 2.20. The van der Waals surface area contributed by atoms with Gasteiger partial charge in [-0.25, -0.2) is 4.39 Å². The minimum absolute atomic E-state index is 0.282. The van der Waals surface area contributed by atoms with Crippen molar-refractivity contribution >= 4 is 22.2 Å². The lowest BCUT2D eigenvalue weighted by atomic mass is 10.3. The number of hydrogen-bond acceptors (Lipinski definition) is 2. The average Bonchev–Trinajstić information content (AvgIpc) is 2.12. The number of hydrogen-bond donors (Lipinski definition) is 0. The number of aldehydes is 1. The number of benzene rings is 1. The molecule has 0 aliphatic carbocycles. The molecule has 0 heterocycles. The Morgan fingerprint density at radius 2 is 2.31 bits per heavy atom. The summed E-state index contributed by atoms with van der Waals surface area (Å²) in [7, 11) is 0. The minimum Gasteiger partial charge on any atom is -0.493 e. The molecule has 0 N–H and O–H groups in total. The van der Waals surface area contributed by atoms with Crippen LogP contribution in [0.1, 0.15) is 6.42 Å². The molecular weight excluding hydrogens is 239 g/mol. The van der Waals surface area contributed by atoms with Crippen LogP contribution in [0.5, 0.6) is 5.75 Å². The third-order valence-electron chi connectivity index (χ3n) is 1.40. The molecule has 0 fully saturated rings. The van der Waals surface area contributed by atoms with Crippen LogP contribution in [0.25, 0.3) is 0 Å². The maximum Gasteiger partial charge on any atom is 0.141 e. The molecule has 1 rings (SSSR count). The summed E-state index contributed by atoms with van der Waals surface area (Å²) in [6.45, 7) is 0.282. The molecule has 1 aromatic rings. The van der Waals surface area contributed by atoms with Gasteiger partial charge in [0.25, 0.3) is 0 Å². The molecule has 4 heteroatoms. The topological polar surface area (TPSA) is 26.3 Å². The fourth-order valence-corrected chi connectivity index (χ4v) is 1.04. The van der Waals surface area contributed by atoms with Crippen molar-refractivity contribution in [1.82, 2.24) is 0 Å². The molecule has 13 heavy (non-hydrogen) atoms.